The fourth-order valence-electron chi connectivity index (χ4n) is 7.17. The van der Waals surface area contributed by atoms with Crippen LogP contribution in [0.25, 0.3) is 54.6 Å². The van der Waals surface area contributed by atoms with Gasteiger partial charge in [-0.25, -0.2) is 0 Å². The standard InChI is InChI=1S/C46H52/c1-3-5-7-9-11-13-15-35-17-21-37(22-18-35)41-27-25-39-29-32-44-43(45(39)33-41)31-30-40-26-28-42(34-46(40)44)38-23-19-36(20-24-38)16-14-12-10-8-6-4-2/h17-34H,3-16H2,1-2H3. The highest BCUT2D eigenvalue weighted by atomic mass is 14.1. The summed E-state index contributed by atoms with van der Waals surface area (Å²) in [5.41, 5.74) is 8.10. The minimum atomic E-state index is 1.19. The van der Waals surface area contributed by atoms with Crippen molar-refractivity contribution < 1.29 is 0 Å². The maximum absolute atomic E-state index is 2.40. The molecule has 0 unspecified atom stereocenters. The van der Waals surface area contributed by atoms with Gasteiger partial charge < -0.3 is 0 Å². The van der Waals surface area contributed by atoms with Crippen molar-refractivity contribution in [1.29, 1.82) is 0 Å². The first-order valence-corrected chi connectivity index (χ1v) is 18.3. The summed E-state index contributed by atoms with van der Waals surface area (Å²) in [4.78, 5) is 0. The molecule has 236 valence electrons. The molecule has 0 aliphatic heterocycles. The van der Waals surface area contributed by atoms with Crippen LogP contribution in [0.5, 0.6) is 0 Å². The van der Waals surface area contributed by atoms with Crippen LogP contribution in [0.15, 0.2) is 109 Å². The van der Waals surface area contributed by atoms with Gasteiger partial charge in [-0.15, -0.1) is 0 Å². The Labute approximate surface area is 277 Å². The zero-order valence-corrected chi connectivity index (χ0v) is 28.3. The van der Waals surface area contributed by atoms with Gasteiger partial charge in [0.1, 0.15) is 0 Å². The van der Waals surface area contributed by atoms with Gasteiger partial charge in [0.25, 0.3) is 0 Å². The molecule has 6 aromatic carbocycles. The van der Waals surface area contributed by atoms with Crippen molar-refractivity contribution >= 4 is 32.3 Å². The zero-order valence-electron chi connectivity index (χ0n) is 28.3. The number of benzene rings is 6. The molecule has 6 aromatic rings. The number of hydrogen-bond acceptors (Lipinski definition) is 0. The molecule has 0 amide bonds. The third kappa shape index (κ3) is 7.90. The lowest BCUT2D eigenvalue weighted by atomic mass is 9.92. The van der Waals surface area contributed by atoms with E-state index in [-0.39, 0.29) is 0 Å². The van der Waals surface area contributed by atoms with E-state index >= 15 is 0 Å². The molecule has 0 atom stereocenters. The quantitative estimate of drug-likeness (QED) is 0.0761. The molecule has 0 aromatic heterocycles. The molecule has 0 heteroatoms. The maximum atomic E-state index is 2.40. The van der Waals surface area contributed by atoms with Crippen LogP contribution in [0.2, 0.25) is 0 Å². The predicted octanol–water partition coefficient (Wildman–Crippen LogP) is 14.3. The molecule has 0 saturated heterocycles. The van der Waals surface area contributed by atoms with Gasteiger partial charge >= 0.3 is 0 Å². The molecule has 6 rings (SSSR count). The van der Waals surface area contributed by atoms with Crippen molar-refractivity contribution in [2.24, 2.45) is 0 Å². The summed E-state index contributed by atoms with van der Waals surface area (Å²) in [6.45, 7) is 4.57. The lowest BCUT2D eigenvalue weighted by molar-refractivity contribution is 0.607. The molecule has 0 fully saturated rings. The van der Waals surface area contributed by atoms with Crippen molar-refractivity contribution in [2.75, 3.05) is 0 Å². The minimum absolute atomic E-state index is 1.19. The minimum Gasteiger partial charge on any atom is -0.0654 e. The smallest absolute Gasteiger partial charge is 0.00987 e. The van der Waals surface area contributed by atoms with Gasteiger partial charge in [0.05, 0.1) is 0 Å². The monoisotopic (exact) mass is 604 g/mol. The second kappa shape index (κ2) is 16.1. The van der Waals surface area contributed by atoms with Crippen LogP contribution in [0, 0.1) is 0 Å². The number of unbranched alkanes of at least 4 members (excludes halogenated alkanes) is 10. The Balaban J connectivity index is 1.20. The fourth-order valence-corrected chi connectivity index (χ4v) is 7.17. The van der Waals surface area contributed by atoms with E-state index in [9.17, 15) is 0 Å². The summed E-state index contributed by atoms with van der Waals surface area (Å²) in [5.74, 6) is 0. The summed E-state index contributed by atoms with van der Waals surface area (Å²) in [7, 11) is 0. The summed E-state index contributed by atoms with van der Waals surface area (Å²) >= 11 is 0. The second-order valence-electron chi connectivity index (χ2n) is 13.5. The molecular formula is C46H52. The van der Waals surface area contributed by atoms with Crippen molar-refractivity contribution in [1.82, 2.24) is 0 Å². The molecule has 0 nitrogen and oxygen atoms in total. The molecule has 0 saturated carbocycles. The largest absolute Gasteiger partial charge is 0.0654 e. The molecule has 0 aliphatic rings. The van der Waals surface area contributed by atoms with Crippen LogP contribution in [-0.2, 0) is 12.8 Å². The van der Waals surface area contributed by atoms with E-state index in [1.807, 2.05) is 0 Å². The Morgan fingerprint density at radius 1 is 0.304 bits per heavy atom. The van der Waals surface area contributed by atoms with E-state index in [2.05, 4.69) is 123 Å². The van der Waals surface area contributed by atoms with E-state index in [0.29, 0.717) is 0 Å². The summed E-state index contributed by atoms with van der Waals surface area (Å²) in [6, 6.07) is 41.8. The second-order valence-corrected chi connectivity index (χ2v) is 13.5. The van der Waals surface area contributed by atoms with Gasteiger partial charge in [-0.05, 0) is 104 Å². The van der Waals surface area contributed by atoms with Gasteiger partial charge in [0.2, 0.25) is 0 Å². The van der Waals surface area contributed by atoms with E-state index < -0.39 is 0 Å². The van der Waals surface area contributed by atoms with Crippen LogP contribution in [-0.4, -0.2) is 0 Å². The van der Waals surface area contributed by atoms with Gasteiger partial charge in [-0.2, -0.15) is 0 Å². The molecule has 0 radical (unpaired) electrons. The molecular weight excluding hydrogens is 553 g/mol. The van der Waals surface area contributed by atoms with Gasteiger partial charge in [-0.3, -0.25) is 0 Å². The third-order valence-corrected chi connectivity index (χ3v) is 10.0. The molecule has 0 bridgehead atoms. The van der Waals surface area contributed by atoms with Gasteiger partial charge in [0.15, 0.2) is 0 Å². The van der Waals surface area contributed by atoms with E-state index in [0.717, 1.165) is 0 Å². The Hall–Kier alpha value is -3.90. The third-order valence-electron chi connectivity index (χ3n) is 10.0. The average molecular weight is 605 g/mol. The topological polar surface area (TPSA) is 0 Å². The number of hydrogen-bond donors (Lipinski definition) is 0. The van der Waals surface area contributed by atoms with Gasteiger partial charge in [-0.1, -0.05) is 175 Å². The molecule has 0 aliphatic carbocycles. The SMILES string of the molecule is CCCCCCCCc1ccc(-c2ccc3ccc4c5cc(-c6ccc(CCCCCCCC)cc6)ccc5ccc4c3c2)cc1. The average Bonchev–Trinajstić information content (AvgIpc) is 3.11. The van der Waals surface area contributed by atoms with Crippen molar-refractivity contribution in [3.8, 4) is 22.3 Å². The first-order chi connectivity index (χ1) is 22.7. The molecule has 0 N–H and O–H groups in total. The van der Waals surface area contributed by atoms with Crippen LogP contribution in [0.4, 0.5) is 0 Å². The summed E-state index contributed by atoms with van der Waals surface area (Å²) in [6.07, 6.45) is 18.6. The molecule has 46 heavy (non-hydrogen) atoms. The molecule has 0 spiro atoms. The number of fused-ring (bicyclic) bond motifs is 5. The van der Waals surface area contributed by atoms with Crippen LogP contribution >= 0.6 is 0 Å². The predicted molar refractivity (Wildman–Crippen MR) is 204 cm³/mol. The number of aryl methyl sites for hydroxylation is 2. The lowest BCUT2D eigenvalue weighted by Gasteiger charge is -2.12. The maximum Gasteiger partial charge on any atom is -0.00987 e. The summed E-state index contributed by atoms with van der Waals surface area (Å²) < 4.78 is 0. The van der Waals surface area contributed by atoms with Crippen LogP contribution < -0.4 is 0 Å². The Bertz CT molecular complexity index is 1700. The van der Waals surface area contributed by atoms with Crippen LogP contribution in [0.1, 0.15) is 102 Å². The highest BCUT2D eigenvalue weighted by molar-refractivity contribution is 6.18. The van der Waals surface area contributed by atoms with Crippen molar-refractivity contribution in [2.45, 2.75) is 104 Å². The van der Waals surface area contributed by atoms with Crippen LogP contribution in [0.3, 0.4) is 0 Å². The Kier molecular flexibility index (Phi) is 11.2. The first-order valence-electron chi connectivity index (χ1n) is 18.3. The van der Waals surface area contributed by atoms with Crippen molar-refractivity contribution in [3.05, 3.63) is 120 Å². The van der Waals surface area contributed by atoms with E-state index in [4.69, 9.17) is 0 Å². The Morgan fingerprint density at radius 3 is 1.07 bits per heavy atom. The highest BCUT2D eigenvalue weighted by Gasteiger charge is 2.09. The lowest BCUT2D eigenvalue weighted by Crippen LogP contribution is -1.88. The Morgan fingerprint density at radius 2 is 0.652 bits per heavy atom. The fraction of sp³-hybridized carbons (Fsp3) is 0.348. The van der Waals surface area contributed by atoms with Gasteiger partial charge in [0, 0.05) is 0 Å². The van der Waals surface area contributed by atoms with E-state index in [1.54, 1.807) is 0 Å². The first kappa shape index (κ1) is 32.1. The van der Waals surface area contributed by atoms with Crippen molar-refractivity contribution in [3.63, 3.8) is 0 Å². The summed E-state index contributed by atoms with van der Waals surface area (Å²) in [5, 5.41) is 7.92. The zero-order chi connectivity index (χ0) is 31.6. The molecule has 0 heterocycles. The highest BCUT2D eigenvalue weighted by Crippen LogP contribution is 2.36. The normalized spacial score (nSPS) is 11.6. The van der Waals surface area contributed by atoms with E-state index in [1.165, 1.54) is 156 Å². The number of rotatable bonds is 16.